The molecule has 58 heavy (non-hydrogen) atoms. The number of aromatic nitrogens is 2. The van der Waals surface area contributed by atoms with E-state index in [1.807, 2.05) is 0 Å². The molecule has 1 saturated heterocycles. The van der Waals surface area contributed by atoms with Gasteiger partial charge in [0.15, 0.2) is 0 Å². The zero-order chi connectivity index (χ0) is 42.2. The molecule has 316 valence electrons. The first-order chi connectivity index (χ1) is 27.2. The molecule has 16 nitrogen and oxygen atoms in total. The van der Waals surface area contributed by atoms with Crippen LogP contribution in [0.15, 0.2) is 43.0 Å². The van der Waals surface area contributed by atoms with Crippen molar-refractivity contribution in [3.8, 4) is 11.6 Å². The second kappa shape index (κ2) is 16.4. The number of alkyl carbamates (subject to hydrolysis) is 1. The summed E-state index contributed by atoms with van der Waals surface area (Å²) >= 11 is 6.28. The van der Waals surface area contributed by atoms with Crippen LogP contribution in [0.25, 0.3) is 0 Å². The van der Waals surface area contributed by atoms with Crippen LogP contribution in [0.3, 0.4) is 0 Å². The summed E-state index contributed by atoms with van der Waals surface area (Å²) in [6.45, 7) is 8.73. The highest BCUT2D eigenvalue weighted by molar-refractivity contribution is 7.91. The molecule has 1 aromatic heterocycles. The van der Waals surface area contributed by atoms with Gasteiger partial charge in [-0.05, 0) is 74.6 Å². The molecule has 3 saturated carbocycles. The normalized spacial score (nSPS) is 24.0. The van der Waals surface area contributed by atoms with E-state index in [1.54, 1.807) is 20.8 Å². The van der Waals surface area contributed by atoms with Crippen molar-refractivity contribution in [3.05, 3.63) is 48.1 Å². The van der Waals surface area contributed by atoms with Crippen molar-refractivity contribution >= 4 is 57.1 Å². The van der Waals surface area contributed by atoms with Gasteiger partial charge in [0.25, 0.3) is 5.91 Å². The van der Waals surface area contributed by atoms with Crippen molar-refractivity contribution in [1.29, 1.82) is 0 Å². The number of halogens is 4. The molecule has 0 radical (unpaired) electrons. The van der Waals surface area contributed by atoms with Crippen molar-refractivity contribution < 1.29 is 55.0 Å². The van der Waals surface area contributed by atoms with Gasteiger partial charge in [-0.1, -0.05) is 38.4 Å². The van der Waals surface area contributed by atoms with E-state index in [0.29, 0.717) is 25.7 Å². The number of benzene rings is 1. The van der Waals surface area contributed by atoms with Crippen molar-refractivity contribution in [3.63, 3.8) is 0 Å². The molecule has 3 aliphatic carbocycles. The molecule has 21 heteroatoms. The molecule has 4 fully saturated rings. The molecule has 1 aromatic carbocycles. The van der Waals surface area contributed by atoms with Gasteiger partial charge in [0.2, 0.25) is 33.7 Å². The molecule has 4 aliphatic rings. The number of carbonyl (C=O) groups is 4. The Hall–Kier alpha value is -4.85. The lowest BCUT2D eigenvalue weighted by Crippen LogP contribution is -2.60. The Bertz CT molecular complexity index is 2030. The first kappa shape index (κ1) is 42.7. The molecular formula is C37H45ClF3N7O9S. The van der Waals surface area contributed by atoms with Gasteiger partial charge >= 0.3 is 12.5 Å². The Morgan fingerprint density at radius 3 is 2.29 bits per heavy atom. The zero-order valence-corrected chi connectivity index (χ0v) is 33.5. The van der Waals surface area contributed by atoms with E-state index in [4.69, 9.17) is 21.1 Å². The molecule has 6 rings (SSSR count). The molecule has 5 atom stereocenters. The summed E-state index contributed by atoms with van der Waals surface area (Å²) in [5.74, 6) is -3.55. The summed E-state index contributed by atoms with van der Waals surface area (Å²) in [5.41, 5.74) is -2.24. The highest BCUT2D eigenvalue weighted by Crippen LogP contribution is 2.45. The number of sulfonamides is 1. The van der Waals surface area contributed by atoms with E-state index in [9.17, 15) is 40.8 Å². The molecule has 0 unspecified atom stereocenters. The Morgan fingerprint density at radius 1 is 1.03 bits per heavy atom. The number of carbonyl (C=O) groups excluding carboxylic acids is 4. The predicted octanol–water partition coefficient (Wildman–Crippen LogP) is 4.87. The second-order valence-corrected chi connectivity index (χ2v) is 18.3. The molecule has 0 spiro atoms. The maximum absolute atomic E-state index is 14.5. The van der Waals surface area contributed by atoms with E-state index in [-0.39, 0.29) is 48.2 Å². The van der Waals surface area contributed by atoms with Crippen LogP contribution in [0.1, 0.15) is 72.1 Å². The lowest BCUT2D eigenvalue weighted by Gasteiger charge is -2.35. The standard InChI is InChI=1S/C37H45ClF3N7O9S/c1-5-20-18-36(20,32(51)47-58(53,54)25-14-15-25)46-30(49)26-16-24(19-48(26)31(50)29(35(2,3)4)45-34(52)56-22-8-6-7-9-22)55-28-17-27(38)43-33(44-28)42-21-10-12-23(13-11-21)57-37(39,40)41/h5,10-13,17,20,22,24-26,29H,1,6-9,14-16,18-19H2,2-4H3,(H,45,52)(H,46,49)(H,47,51)(H,42,43,44)/t20-,24-,26+,29-,36-/m1/s1. The number of ether oxygens (including phenoxy) is 3. The number of anilines is 2. The second-order valence-electron chi connectivity index (χ2n) is 16.0. The van der Waals surface area contributed by atoms with Crippen molar-refractivity contribution in [1.82, 2.24) is 30.2 Å². The van der Waals surface area contributed by atoms with E-state index in [0.717, 1.165) is 25.0 Å². The lowest BCUT2D eigenvalue weighted by molar-refractivity contribution is -0.274. The molecule has 4 amide bonds. The summed E-state index contributed by atoms with van der Waals surface area (Å²) in [5, 5.41) is 7.45. The Balaban J connectivity index is 1.23. The van der Waals surface area contributed by atoms with Crippen LogP contribution in [0.2, 0.25) is 5.15 Å². The maximum atomic E-state index is 14.5. The van der Waals surface area contributed by atoms with E-state index in [1.165, 1.54) is 29.2 Å². The Kier molecular flexibility index (Phi) is 12.1. The van der Waals surface area contributed by atoms with Crippen LogP contribution in [0.4, 0.5) is 29.6 Å². The van der Waals surface area contributed by atoms with E-state index in [2.05, 4.69) is 42.0 Å². The Labute approximate surface area is 338 Å². The van der Waals surface area contributed by atoms with Crippen molar-refractivity contribution in [2.24, 2.45) is 11.3 Å². The van der Waals surface area contributed by atoms with Gasteiger partial charge in [0, 0.05) is 24.1 Å². The number of alkyl halides is 3. The smallest absolute Gasteiger partial charge is 0.472 e. The largest absolute Gasteiger partial charge is 0.573 e. The summed E-state index contributed by atoms with van der Waals surface area (Å²) in [7, 11) is -3.96. The first-order valence-electron chi connectivity index (χ1n) is 18.8. The van der Waals surface area contributed by atoms with Gasteiger partial charge in [0.1, 0.15) is 40.7 Å². The van der Waals surface area contributed by atoms with Gasteiger partial charge in [-0.2, -0.15) is 4.98 Å². The molecule has 0 bridgehead atoms. The third-order valence-electron chi connectivity index (χ3n) is 10.4. The predicted molar refractivity (Wildman–Crippen MR) is 202 cm³/mol. The van der Waals surface area contributed by atoms with Crippen LogP contribution in [-0.4, -0.2) is 95.1 Å². The minimum Gasteiger partial charge on any atom is -0.472 e. The van der Waals surface area contributed by atoms with Crippen LogP contribution >= 0.6 is 11.6 Å². The number of nitrogens with zero attached hydrogens (tertiary/aromatic N) is 3. The third kappa shape index (κ3) is 10.4. The molecule has 4 N–H and O–H groups in total. The van der Waals surface area contributed by atoms with Gasteiger partial charge in [-0.3, -0.25) is 19.1 Å². The fraction of sp³-hybridized carbons (Fsp3) is 0.568. The number of likely N-dealkylation sites (tertiary alicyclic amines) is 1. The van der Waals surface area contributed by atoms with Gasteiger partial charge < -0.3 is 35.1 Å². The molecule has 1 aliphatic heterocycles. The van der Waals surface area contributed by atoms with Crippen LogP contribution in [0.5, 0.6) is 11.6 Å². The van der Waals surface area contributed by atoms with Crippen LogP contribution < -0.4 is 30.1 Å². The number of nitrogens with one attached hydrogen (secondary N) is 4. The topological polar surface area (TPSA) is 207 Å². The highest BCUT2D eigenvalue weighted by Gasteiger charge is 2.62. The fourth-order valence-corrected chi connectivity index (χ4v) is 8.61. The summed E-state index contributed by atoms with van der Waals surface area (Å²) in [6.07, 6.45) is -1.45. The summed E-state index contributed by atoms with van der Waals surface area (Å²) in [6, 6.07) is 3.57. The molecule has 2 heterocycles. The SMILES string of the molecule is C=C[C@@H]1C[C@]1(NC(=O)[C@@H]1C[C@@H](Oc2cc(Cl)nc(Nc3ccc(OC(F)(F)F)cc3)n2)CN1C(=O)[C@@H](NC(=O)OC1CCCC1)C(C)(C)C)C(=O)NS(=O)(=O)C1CC1. The summed E-state index contributed by atoms with van der Waals surface area (Å²) in [4.78, 5) is 65.0. The zero-order valence-electron chi connectivity index (χ0n) is 31.9. The van der Waals surface area contributed by atoms with Gasteiger partial charge in [0.05, 0.1) is 11.8 Å². The Morgan fingerprint density at radius 2 is 1.71 bits per heavy atom. The fourth-order valence-electron chi connectivity index (χ4n) is 7.07. The number of hydrogen-bond acceptors (Lipinski definition) is 12. The van der Waals surface area contributed by atoms with E-state index >= 15 is 0 Å². The average molecular weight is 856 g/mol. The van der Waals surface area contributed by atoms with Gasteiger partial charge in [-0.15, -0.1) is 19.8 Å². The number of amides is 4. The monoisotopic (exact) mass is 855 g/mol. The van der Waals surface area contributed by atoms with Crippen LogP contribution in [0, 0.1) is 11.3 Å². The lowest BCUT2D eigenvalue weighted by atomic mass is 9.85. The quantitative estimate of drug-likeness (QED) is 0.148. The van der Waals surface area contributed by atoms with Crippen LogP contribution in [-0.2, 0) is 29.1 Å². The molecular weight excluding hydrogens is 811 g/mol. The number of rotatable bonds is 14. The van der Waals surface area contributed by atoms with Gasteiger partial charge in [-0.25, -0.2) is 18.2 Å². The maximum Gasteiger partial charge on any atom is 0.573 e. The third-order valence-corrected chi connectivity index (χ3v) is 12.4. The summed E-state index contributed by atoms with van der Waals surface area (Å²) < 4.78 is 81.0. The van der Waals surface area contributed by atoms with Crippen molar-refractivity contribution in [2.45, 2.75) is 114 Å². The first-order valence-corrected chi connectivity index (χ1v) is 20.7. The number of hydrogen-bond donors (Lipinski definition) is 4. The average Bonchev–Trinajstić information content (AvgIpc) is 4.00. The highest BCUT2D eigenvalue weighted by atomic mass is 35.5. The molecule has 2 aromatic rings. The van der Waals surface area contributed by atoms with E-state index < -0.39 is 86.3 Å². The minimum atomic E-state index is -4.87. The van der Waals surface area contributed by atoms with Crippen molar-refractivity contribution in [2.75, 3.05) is 11.9 Å². The minimum absolute atomic E-state index is 0.0708.